The van der Waals surface area contributed by atoms with Crippen molar-refractivity contribution in [2.75, 3.05) is 13.1 Å². The van der Waals surface area contributed by atoms with E-state index in [1.54, 1.807) is 19.3 Å². The Hall–Kier alpha value is -1.91. The Morgan fingerprint density at radius 1 is 1.11 bits per heavy atom. The summed E-state index contributed by atoms with van der Waals surface area (Å²) in [5, 5.41) is 3.03. The Kier molecular flexibility index (Phi) is 5.70. The molecule has 4 fully saturated rings. The summed E-state index contributed by atoms with van der Waals surface area (Å²) in [7, 11) is 0. The molecule has 28 heavy (non-hydrogen) atoms. The zero-order chi connectivity index (χ0) is 19.6. The summed E-state index contributed by atoms with van der Waals surface area (Å²) in [6.07, 6.45) is 13.4. The van der Waals surface area contributed by atoms with Crippen LogP contribution < -0.4 is 5.32 Å². The van der Waals surface area contributed by atoms with Gasteiger partial charge in [0.15, 0.2) is 0 Å². The van der Waals surface area contributed by atoms with Crippen LogP contribution in [0.3, 0.4) is 0 Å². The lowest BCUT2D eigenvalue weighted by Crippen LogP contribution is -2.61. The summed E-state index contributed by atoms with van der Waals surface area (Å²) in [5.74, 6) is 2.61. The molecule has 4 aliphatic carbocycles. The molecule has 4 aliphatic rings. The van der Waals surface area contributed by atoms with E-state index in [2.05, 4.69) is 15.2 Å². The predicted molar refractivity (Wildman–Crippen MR) is 108 cm³/mol. The summed E-state index contributed by atoms with van der Waals surface area (Å²) in [6, 6.07) is 4.02. The molecular weight excluding hydrogens is 350 g/mol. The topological polar surface area (TPSA) is 62.3 Å². The zero-order valence-electron chi connectivity index (χ0n) is 17.0. The van der Waals surface area contributed by atoms with Crippen molar-refractivity contribution in [3.05, 3.63) is 30.1 Å². The van der Waals surface area contributed by atoms with Gasteiger partial charge < -0.3 is 10.2 Å². The first-order valence-electron chi connectivity index (χ1n) is 11.0. The first-order chi connectivity index (χ1) is 13.5. The first kappa shape index (κ1) is 19.4. The van der Waals surface area contributed by atoms with Crippen LogP contribution in [-0.2, 0) is 16.0 Å². The third-order valence-electron chi connectivity index (χ3n) is 7.23. The quantitative estimate of drug-likeness (QED) is 0.701. The molecule has 2 amide bonds. The molecule has 0 spiro atoms. The average molecular weight is 384 g/mol. The molecule has 4 bridgehead atoms. The van der Waals surface area contributed by atoms with Crippen molar-refractivity contribution in [2.24, 2.45) is 17.8 Å². The number of nitrogens with zero attached hydrogens (tertiary/aromatic N) is 2. The van der Waals surface area contributed by atoms with Gasteiger partial charge in [-0.15, -0.1) is 0 Å². The molecule has 4 saturated carbocycles. The van der Waals surface area contributed by atoms with Gasteiger partial charge in [0.25, 0.3) is 0 Å². The average Bonchev–Trinajstić information content (AvgIpc) is 2.64. The van der Waals surface area contributed by atoms with Crippen LogP contribution in [0.4, 0.5) is 0 Å². The number of pyridine rings is 1. The van der Waals surface area contributed by atoms with Crippen LogP contribution in [0.2, 0.25) is 0 Å². The highest BCUT2D eigenvalue weighted by atomic mass is 16.2. The second-order valence-electron chi connectivity index (χ2n) is 9.37. The minimum atomic E-state index is 0.0439. The molecule has 1 aromatic rings. The monoisotopic (exact) mass is 383 g/mol. The van der Waals surface area contributed by atoms with E-state index in [1.165, 1.54) is 24.8 Å². The molecule has 5 rings (SSSR count). The second-order valence-corrected chi connectivity index (χ2v) is 9.37. The fourth-order valence-electron chi connectivity index (χ4n) is 6.50. The number of carbonyl (C=O) groups excluding carboxylic acids is 2. The third kappa shape index (κ3) is 4.23. The molecule has 1 N–H and O–H groups in total. The molecular formula is C23H33N3O2. The molecule has 0 unspecified atom stereocenters. The van der Waals surface area contributed by atoms with Gasteiger partial charge >= 0.3 is 0 Å². The van der Waals surface area contributed by atoms with E-state index < -0.39 is 0 Å². The van der Waals surface area contributed by atoms with Crippen molar-refractivity contribution in [3.63, 3.8) is 0 Å². The second kappa shape index (κ2) is 8.22. The molecule has 0 aromatic carbocycles. The molecule has 1 aromatic heterocycles. The number of carbonyl (C=O) groups is 2. The van der Waals surface area contributed by atoms with Gasteiger partial charge in [-0.05, 0) is 86.8 Å². The van der Waals surface area contributed by atoms with Gasteiger partial charge in [-0.25, -0.2) is 0 Å². The highest BCUT2D eigenvalue weighted by Crippen LogP contribution is 2.57. The molecule has 1 heterocycles. The largest absolute Gasteiger partial charge is 0.356 e. The van der Waals surface area contributed by atoms with Crippen LogP contribution in [0.1, 0.15) is 63.9 Å². The lowest BCUT2D eigenvalue weighted by Gasteiger charge is -2.60. The third-order valence-corrected chi connectivity index (χ3v) is 7.23. The van der Waals surface area contributed by atoms with Crippen molar-refractivity contribution in [3.8, 4) is 0 Å². The normalized spacial score (nSPS) is 30.2. The van der Waals surface area contributed by atoms with E-state index in [1.807, 2.05) is 12.1 Å². The van der Waals surface area contributed by atoms with Crippen LogP contribution in [0.5, 0.6) is 0 Å². The minimum absolute atomic E-state index is 0.0439. The van der Waals surface area contributed by atoms with E-state index in [9.17, 15) is 9.59 Å². The fraction of sp³-hybridized carbons (Fsp3) is 0.696. The number of aromatic nitrogens is 1. The Morgan fingerprint density at radius 2 is 1.71 bits per heavy atom. The standard InChI is InChI=1S/C23H33N3O2/c1-17(27)26(23-14-19-11-20(15-23)13-21(12-19)16-23)10-6-22(28)25-7-2-3-18-4-8-24-9-5-18/h4-5,8-9,19-21H,2-3,6-7,10-16H2,1H3,(H,25,28). The molecule has 0 radical (unpaired) electrons. The van der Waals surface area contributed by atoms with Gasteiger partial charge in [0.2, 0.25) is 11.8 Å². The number of rotatable bonds is 8. The molecule has 0 atom stereocenters. The van der Waals surface area contributed by atoms with E-state index >= 15 is 0 Å². The summed E-state index contributed by atoms with van der Waals surface area (Å²) in [6.45, 7) is 2.93. The highest BCUT2D eigenvalue weighted by Gasteiger charge is 2.54. The fourth-order valence-corrected chi connectivity index (χ4v) is 6.50. The number of aryl methyl sites for hydroxylation is 1. The summed E-state index contributed by atoms with van der Waals surface area (Å²) in [4.78, 5) is 30.9. The van der Waals surface area contributed by atoms with Crippen molar-refractivity contribution < 1.29 is 9.59 Å². The van der Waals surface area contributed by atoms with Gasteiger partial charge in [-0.1, -0.05) is 0 Å². The van der Waals surface area contributed by atoms with E-state index in [0.717, 1.165) is 49.9 Å². The molecule has 5 heteroatoms. The smallest absolute Gasteiger partial charge is 0.221 e. The van der Waals surface area contributed by atoms with Crippen LogP contribution >= 0.6 is 0 Å². The lowest BCUT2D eigenvalue weighted by molar-refractivity contribution is -0.149. The van der Waals surface area contributed by atoms with Gasteiger partial charge in [0.1, 0.15) is 0 Å². The van der Waals surface area contributed by atoms with E-state index in [0.29, 0.717) is 19.5 Å². The number of hydrogen-bond acceptors (Lipinski definition) is 3. The van der Waals surface area contributed by atoms with Gasteiger partial charge in [0.05, 0.1) is 0 Å². The maximum atomic E-state index is 12.5. The van der Waals surface area contributed by atoms with E-state index in [4.69, 9.17) is 0 Å². The zero-order valence-corrected chi connectivity index (χ0v) is 17.0. The SMILES string of the molecule is CC(=O)N(CCC(=O)NCCCc1ccncc1)C12CC3CC(CC(C3)C1)C2. The van der Waals surface area contributed by atoms with Crippen molar-refractivity contribution in [1.29, 1.82) is 0 Å². The van der Waals surface area contributed by atoms with Crippen LogP contribution in [-0.4, -0.2) is 40.3 Å². The Labute approximate surface area is 168 Å². The first-order valence-corrected chi connectivity index (χ1v) is 11.0. The Balaban J connectivity index is 1.25. The van der Waals surface area contributed by atoms with Crippen molar-refractivity contribution in [2.45, 2.75) is 70.3 Å². The maximum Gasteiger partial charge on any atom is 0.221 e. The minimum Gasteiger partial charge on any atom is -0.356 e. The molecule has 152 valence electrons. The number of hydrogen-bond donors (Lipinski definition) is 1. The lowest BCUT2D eigenvalue weighted by atomic mass is 9.52. The maximum absolute atomic E-state index is 12.5. The Bertz CT molecular complexity index is 668. The van der Waals surface area contributed by atoms with Gasteiger partial charge in [-0.3, -0.25) is 14.6 Å². The Morgan fingerprint density at radius 3 is 2.29 bits per heavy atom. The van der Waals surface area contributed by atoms with Crippen LogP contribution in [0.25, 0.3) is 0 Å². The summed E-state index contributed by atoms with van der Waals surface area (Å²) in [5.41, 5.74) is 1.29. The van der Waals surface area contributed by atoms with E-state index in [-0.39, 0.29) is 17.4 Å². The summed E-state index contributed by atoms with van der Waals surface area (Å²) >= 11 is 0. The molecule has 0 saturated heterocycles. The summed E-state index contributed by atoms with van der Waals surface area (Å²) < 4.78 is 0. The van der Waals surface area contributed by atoms with Crippen molar-refractivity contribution >= 4 is 11.8 Å². The van der Waals surface area contributed by atoms with Crippen LogP contribution in [0.15, 0.2) is 24.5 Å². The number of nitrogens with one attached hydrogen (secondary N) is 1. The van der Waals surface area contributed by atoms with Gasteiger partial charge in [-0.2, -0.15) is 0 Å². The van der Waals surface area contributed by atoms with Crippen molar-refractivity contribution in [1.82, 2.24) is 15.2 Å². The predicted octanol–water partition coefficient (Wildman–Crippen LogP) is 3.34. The van der Waals surface area contributed by atoms with Gasteiger partial charge in [0, 0.05) is 44.4 Å². The highest BCUT2D eigenvalue weighted by molar-refractivity contribution is 5.78. The molecule has 5 nitrogen and oxygen atoms in total. The number of amides is 2. The molecule has 0 aliphatic heterocycles. The van der Waals surface area contributed by atoms with Crippen LogP contribution in [0, 0.1) is 17.8 Å².